The fourth-order valence-electron chi connectivity index (χ4n) is 2.76. The van der Waals surface area contributed by atoms with Crippen LogP contribution in [0.3, 0.4) is 0 Å². The molecular formula is C14H20N2O2S2. The van der Waals surface area contributed by atoms with Gasteiger partial charge in [-0.1, -0.05) is 38.2 Å². The smallest absolute Gasteiger partial charge is 0.243 e. The summed E-state index contributed by atoms with van der Waals surface area (Å²) in [6.07, 6.45) is 1.07. The minimum atomic E-state index is -3.47. The first-order chi connectivity index (χ1) is 9.30. The van der Waals surface area contributed by atoms with E-state index in [1.165, 1.54) is 0 Å². The SMILES string of the molecule is CC1CC(C)CN(S(=O)(=O)c2cccc(C(N)=S)c2)C1. The van der Waals surface area contributed by atoms with Crippen LogP contribution in [0.1, 0.15) is 25.8 Å². The van der Waals surface area contributed by atoms with E-state index in [4.69, 9.17) is 18.0 Å². The summed E-state index contributed by atoms with van der Waals surface area (Å²) in [5.41, 5.74) is 6.15. The molecule has 20 heavy (non-hydrogen) atoms. The molecule has 0 bridgehead atoms. The quantitative estimate of drug-likeness (QED) is 0.867. The number of nitrogens with two attached hydrogens (primary N) is 1. The molecule has 1 aliphatic rings. The Balaban J connectivity index is 2.34. The zero-order chi connectivity index (χ0) is 14.9. The molecule has 110 valence electrons. The molecule has 0 saturated carbocycles. The van der Waals surface area contributed by atoms with Gasteiger partial charge in [-0.25, -0.2) is 8.42 Å². The summed E-state index contributed by atoms with van der Waals surface area (Å²) < 4.78 is 27.0. The highest BCUT2D eigenvalue weighted by Crippen LogP contribution is 2.26. The number of piperidine rings is 1. The van der Waals surface area contributed by atoms with Gasteiger partial charge in [0, 0.05) is 18.7 Å². The zero-order valence-electron chi connectivity index (χ0n) is 11.7. The Morgan fingerprint density at radius 3 is 2.45 bits per heavy atom. The Bertz CT molecular complexity index is 603. The number of rotatable bonds is 3. The van der Waals surface area contributed by atoms with Gasteiger partial charge in [0.1, 0.15) is 4.99 Å². The Hall–Kier alpha value is -0.980. The first kappa shape index (κ1) is 15.4. The Morgan fingerprint density at radius 1 is 1.30 bits per heavy atom. The van der Waals surface area contributed by atoms with Gasteiger partial charge in [-0.3, -0.25) is 0 Å². The van der Waals surface area contributed by atoms with Crippen molar-refractivity contribution < 1.29 is 8.42 Å². The monoisotopic (exact) mass is 312 g/mol. The molecule has 1 aliphatic heterocycles. The molecule has 2 N–H and O–H groups in total. The van der Waals surface area contributed by atoms with Gasteiger partial charge in [-0.15, -0.1) is 0 Å². The second kappa shape index (κ2) is 5.79. The summed E-state index contributed by atoms with van der Waals surface area (Å²) in [7, 11) is -3.47. The van der Waals surface area contributed by atoms with Crippen LogP contribution in [-0.4, -0.2) is 30.8 Å². The average molecular weight is 312 g/mol. The van der Waals surface area contributed by atoms with E-state index in [-0.39, 0.29) is 9.88 Å². The molecule has 1 heterocycles. The van der Waals surface area contributed by atoms with Crippen LogP contribution in [-0.2, 0) is 10.0 Å². The van der Waals surface area contributed by atoms with Gasteiger partial charge in [0.05, 0.1) is 4.90 Å². The van der Waals surface area contributed by atoms with Crippen molar-refractivity contribution in [2.45, 2.75) is 25.2 Å². The molecule has 1 fully saturated rings. The Kier molecular flexibility index (Phi) is 4.46. The van der Waals surface area contributed by atoms with Crippen LogP contribution in [0.2, 0.25) is 0 Å². The Labute approximate surface area is 126 Å². The molecule has 1 aromatic carbocycles. The lowest BCUT2D eigenvalue weighted by Crippen LogP contribution is -2.42. The third kappa shape index (κ3) is 3.19. The van der Waals surface area contributed by atoms with E-state index in [9.17, 15) is 8.42 Å². The van der Waals surface area contributed by atoms with Crippen LogP contribution in [0.4, 0.5) is 0 Å². The Morgan fingerprint density at radius 2 is 1.90 bits per heavy atom. The number of thiocarbonyl (C=S) groups is 1. The zero-order valence-corrected chi connectivity index (χ0v) is 13.4. The van der Waals surface area contributed by atoms with Crippen LogP contribution < -0.4 is 5.73 Å². The number of nitrogens with zero attached hydrogens (tertiary/aromatic N) is 1. The number of hydrogen-bond acceptors (Lipinski definition) is 3. The van der Waals surface area contributed by atoms with Gasteiger partial charge in [-0.2, -0.15) is 4.31 Å². The molecule has 1 saturated heterocycles. The maximum atomic E-state index is 12.7. The van der Waals surface area contributed by atoms with Crippen LogP contribution in [0.5, 0.6) is 0 Å². The number of benzene rings is 1. The minimum Gasteiger partial charge on any atom is -0.389 e. The van der Waals surface area contributed by atoms with Crippen molar-refractivity contribution in [3.8, 4) is 0 Å². The van der Waals surface area contributed by atoms with E-state index >= 15 is 0 Å². The maximum absolute atomic E-state index is 12.7. The molecule has 1 aromatic rings. The fraction of sp³-hybridized carbons (Fsp3) is 0.500. The van der Waals surface area contributed by atoms with Gasteiger partial charge in [0.2, 0.25) is 10.0 Å². The summed E-state index contributed by atoms with van der Waals surface area (Å²) in [4.78, 5) is 0.478. The van der Waals surface area contributed by atoms with E-state index in [0.717, 1.165) is 6.42 Å². The lowest BCUT2D eigenvalue weighted by atomic mass is 9.94. The predicted molar refractivity (Wildman–Crippen MR) is 84.0 cm³/mol. The third-order valence-electron chi connectivity index (χ3n) is 3.59. The lowest BCUT2D eigenvalue weighted by molar-refractivity contribution is 0.222. The van der Waals surface area contributed by atoms with Crippen molar-refractivity contribution in [1.82, 2.24) is 4.31 Å². The van der Waals surface area contributed by atoms with E-state index < -0.39 is 10.0 Å². The molecule has 4 nitrogen and oxygen atoms in total. The molecule has 2 atom stereocenters. The molecule has 2 unspecified atom stereocenters. The highest BCUT2D eigenvalue weighted by Gasteiger charge is 2.31. The number of sulfonamides is 1. The van der Waals surface area contributed by atoms with Crippen molar-refractivity contribution in [3.05, 3.63) is 29.8 Å². The topological polar surface area (TPSA) is 63.4 Å². The molecule has 0 aromatic heterocycles. The predicted octanol–water partition coefficient (Wildman–Crippen LogP) is 1.99. The van der Waals surface area contributed by atoms with Gasteiger partial charge in [-0.05, 0) is 30.4 Å². The van der Waals surface area contributed by atoms with Gasteiger partial charge in [0.15, 0.2) is 0 Å². The summed E-state index contributed by atoms with van der Waals surface area (Å²) in [6.45, 7) is 5.32. The largest absolute Gasteiger partial charge is 0.389 e. The summed E-state index contributed by atoms with van der Waals surface area (Å²) in [5.74, 6) is 0.764. The first-order valence-corrected chi connectivity index (χ1v) is 8.55. The molecular weight excluding hydrogens is 292 g/mol. The normalized spacial score (nSPS) is 24.5. The van der Waals surface area contributed by atoms with Gasteiger partial charge in [0.25, 0.3) is 0 Å². The molecule has 0 amide bonds. The van der Waals surface area contributed by atoms with Crippen LogP contribution in [0.25, 0.3) is 0 Å². The van der Waals surface area contributed by atoms with E-state index in [0.29, 0.717) is 30.5 Å². The van der Waals surface area contributed by atoms with Crippen molar-refractivity contribution in [3.63, 3.8) is 0 Å². The molecule has 0 aliphatic carbocycles. The van der Waals surface area contributed by atoms with Crippen molar-refractivity contribution in [1.29, 1.82) is 0 Å². The molecule has 6 heteroatoms. The highest BCUT2D eigenvalue weighted by molar-refractivity contribution is 7.89. The van der Waals surface area contributed by atoms with Crippen molar-refractivity contribution in [2.24, 2.45) is 17.6 Å². The molecule has 0 radical (unpaired) electrons. The van der Waals surface area contributed by atoms with E-state index in [1.54, 1.807) is 28.6 Å². The molecule has 0 spiro atoms. The van der Waals surface area contributed by atoms with Gasteiger partial charge < -0.3 is 5.73 Å². The van der Waals surface area contributed by atoms with Crippen LogP contribution in [0, 0.1) is 11.8 Å². The van der Waals surface area contributed by atoms with Crippen LogP contribution >= 0.6 is 12.2 Å². The highest BCUT2D eigenvalue weighted by atomic mass is 32.2. The third-order valence-corrected chi connectivity index (χ3v) is 5.66. The summed E-state index contributed by atoms with van der Waals surface area (Å²) in [6, 6.07) is 6.56. The minimum absolute atomic E-state index is 0.211. The number of hydrogen-bond donors (Lipinski definition) is 1. The molecule has 2 rings (SSSR count). The van der Waals surface area contributed by atoms with Crippen molar-refractivity contribution in [2.75, 3.05) is 13.1 Å². The fourth-order valence-corrected chi connectivity index (χ4v) is 4.61. The maximum Gasteiger partial charge on any atom is 0.243 e. The lowest BCUT2D eigenvalue weighted by Gasteiger charge is -2.34. The van der Waals surface area contributed by atoms with Crippen LogP contribution in [0.15, 0.2) is 29.2 Å². The summed E-state index contributed by atoms with van der Waals surface area (Å²) >= 11 is 4.91. The first-order valence-electron chi connectivity index (χ1n) is 6.70. The second-order valence-electron chi connectivity index (χ2n) is 5.66. The van der Waals surface area contributed by atoms with Crippen molar-refractivity contribution >= 4 is 27.2 Å². The van der Waals surface area contributed by atoms with E-state index in [1.807, 2.05) is 0 Å². The second-order valence-corrected chi connectivity index (χ2v) is 8.04. The standard InChI is InChI=1S/C14H20N2O2S2/c1-10-6-11(2)9-16(8-10)20(17,18)13-5-3-4-12(7-13)14(15)19/h3-5,7,10-11H,6,8-9H2,1-2H3,(H2,15,19). The summed E-state index contributed by atoms with van der Waals surface area (Å²) in [5, 5.41) is 0. The van der Waals surface area contributed by atoms with Gasteiger partial charge >= 0.3 is 0 Å². The average Bonchev–Trinajstić information content (AvgIpc) is 2.37. The van der Waals surface area contributed by atoms with E-state index in [2.05, 4.69) is 13.8 Å².